The summed E-state index contributed by atoms with van der Waals surface area (Å²) >= 11 is 1.51. The molecular weight excluding hydrogens is 418 g/mol. The van der Waals surface area contributed by atoms with E-state index in [2.05, 4.69) is 0 Å². The lowest BCUT2D eigenvalue weighted by Crippen LogP contribution is -2.55. The Morgan fingerprint density at radius 3 is 2.03 bits per heavy atom. The van der Waals surface area contributed by atoms with Crippen molar-refractivity contribution in [2.24, 2.45) is 11.1 Å². The van der Waals surface area contributed by atoms with E-state index in [1.165, 1.54) is 11.8 Å². The molecule has 1 rings (SSSR count). The van der Waals surface area contributed by atoms with E-state index in [-0.39, 0.29) is 32.5 Å². The molecular formula is C23H35NO6S. The molecule has 2 N–H and O–H groups in total. The lowest BCUT2D eigenvalue weighted by molar-refractivity contribution is -0.175. The molecule has 0 saturated carbocycles. The fourth-order valence-corrected chi connectivity index (χ4v) is 4.06. The van der Waals surface area contributed by atoms with Crippen molar-refractivity contribution in [1.82, 2.24) is 0 Å². The Morgan fingerprint density at radius 2 is 1.55 bits per heavy atom. The van der Waals surface area contributed by atoms with Gasteiger partial charge in [0.1, 0.15) is 5.60 Å². The first-order valence-corrected chi connectivity index (χ1v) is 11.5. The summed E-state index contributed by atoms with van der Waals surface area (Å²) in [6.07, 6.45) is 0.188. The molecule has 0 aliphatic heterocycles. The molecule has 31 heavy (non-hydrogen) atoms. The van der Waals surface area contributed by atoms with Gasteiger partial charge in [-0.2, -0.15) is 0 Å². The molecule has 0 spiro atoms. The molecule has 8 heteroatoms. The fourth-order valence-electron chi connectivity index (χ4n) is 3.05. The first-order valence-electron chi connectivity index (χ1n) is 10.6. The highest BCUT2D eigenvalue weighted by Gasteiger charge is 2.53. The molecule has 0 saturated heterocycles. The van der Waals surface area contributed by atoms with E-state index >= 15 is 0 Å². The molecule has 0 bridgehead atoms. The molecule has 0 aliphatic carbocycles. The first-order chi connectivity index (χ1) is 14.6. The summed E-state index contributed by atoms with van der Waals surface area (Å²) in [5, 5.41) is 0. The van der Waals surface area contributed by atoms with Crippen LogP contribution in [0.25, 0.3) is 0 Å². The van der Waals surface area contributed by atoms with Gasteiger partial charge in [-0.1, -0.05) is 18.2 Å². The van der Waals surface area contributed by atoms with Gasteiger partial charge >= 0.3 is 17.9 Å². The van der Waals surface area contributed by atoms with E-state index in [9.17, 15) is 14.4 Å². The van der Waals surface area contributed by atoms with Crippen molar-refractivity contribution in [3.05, 3.63) is 30.3 Å². The summed E-state index contributed by atoms with van der Waals surface area (Å²) in [4.78, 5) is 39.2. The minimum absolute atomic E-state index is 0.0230. The molecule has 1 atom stereocenters. The molecule has 1 aromatic rings. The number of thioether (sulfide) groups is 1. The Balaban J connectivity index is 3.07. The maximum atomic E-state index is 13.0. The van der Waals surface area contributed by atoms with Crippen molar-refractivity contribution in [2.75, 3.05) is 19.0 Å². The number of esters is 3. The third-order valence-corrected chi connectivity index (χ3v) is 5.51. The molecule has 0 radical (unpaired) electrons. The van der Waals surface area contributed by atoms with E-state index in [0.717, 1.165) is 4.90 Å². The minimum atomic E-state index is -1.70. The Hall–Kier alpha value is -2.06. The third-order valence-electron chi connectivity index (χ3n) is 4.50. The molecule has 7 nitrogen and oxygen atoms in total. The van der Waals surface area contributed by atoms with Gasteiger partial charge in [-0.15, -0.1) is 11.8 Å². The fraction of sp³-hybridized carbons (Fsp3) is 0.609. The van der Waals surface area contributed by atoms with E-state index < -0.39 is 35.0 Å². The summed E-state index contributed by atoms with van der Waals surface area (Å²) in [6.45, 7) is 8.85. The number of ether oxygens (including phenoxy) is 3. The predicted octanol–water partition coefficient (Wildman–Crippen LogP) is 3.73. The number of benzene rings is 1. The molecule has 0 aliphatic rings. The highest BCUT2D eigenvalue weighted by molar-refractivity contribution is 7.99. The van der Waals surface area contributed by atoms with Crippen molar-refractivity contribution < 1.29 is 28.6 Å². The van der Waals surface area contributed by atoms with Crippen LogP contribution in [0.1, 0.15) is 53.9 Å². The van der Waals surface area contributed by atoms with E-state index in [1.54, 1.807) is 34.6 Å². The second kappa shape index (κ2) is 12.7. The smallest absolute Gasteiger partial charge is 0.325 e. The molecule has 0 amide bonds. The Labute approximate surface area is 189 Å². The zero-order valence-corrected chi connectivity index (χ0v) is 20.0. The van der Waals surface area contributed by atoms with Gasteiger partial charge in [0.2, 0.25) is 0 Å². The van der Waals surface area contributed by atoms with Crippen molar-refractivity contribution in [3.8, 4) is 0 Å². The van der Waals surface area contributed by atoms with Crippen molar-refractivity contribution in [3.63, 3.8) is 0 Å². The summed E-state index contributed by atoms with van der Waals surface area (Å²) in [7, 11) is 0. The lowest BCUT2D eigenvalue weighted by atomic mass is 9.76. The predicted molar refractivity (Wildman–Crippen MR) is 121 cm³/mol. The van der Waals surface area contributed by atoms with Crippen LogP contribution >= 0.6 is 11.8 Å². The van der Waals surface area contributed by atoms with Crippen LogP contribution < -0.4 is 5.73 Å². The van der Waals surface area contributed by atoms with Crippen molar-refractivity contribution >= 4 is 29.7 Å². The van der Waals surface area contributed by atoms with Crippen LogP contribution in [0, 0.1) is 5.41 Å². The van der Waals surface area contributed by atoms with Crippen LogP contribution in [0.2, 0.25) is 0 Å². The SMILES string of the molecule is CCOC(=O)C(CCSc1ccccc1)(C(=O)OCC)C(N)CCC(=O)OC(C)(C)C. The number of hydrogen-bond acceptors (Lipinski definition) is 8. The Bertz CT molecular complexity index is 699. The van der Waals surface area contributed by atoms with Crippen LogP contribution in [0.5, 0.6) is 0 Å². The van der Waals surface area contributed by atoms with Crippen molar-refractivity contribution in [2.45, 2.75) is 70.4 Å². The zero-order valence-electron chi connectivity index (χ0n) is 19.1. The van der Waals surface area contributed by atoms with E-state index in [0.29, 0.717) is 5.75 Å². The second-order valence-electron chi connectivity index (χ2n) is 8.06. The van der Waals surface area contributed by atoms with Gasteiger partial charge in [-0.25, -0.2) is 0 Å². The topological polar surface area (TPSA) is 105 Å². The van der Waals surface area contributed by atoms with Crippen LogP contribution in [0.15, 0.2) is 35.2 Å². The van der Waals surface area contributed by atoms with E-state index in [1.807, 2.05) is 30.3 Å². The van der Waals surface area contributed by atoms with Crippen LogP contribution in [0.4, 0.5) is 0 Å². The molecule has 0 fully saturated rings. The zero-order chi connectivity index (χ0) is 23.5. The monoisotopic (exact) mass is 453 g/mol. The summed E-state index contributed by atoms with van der Waals surface area (Å²) < 4.78 is 15.8. The normalized spacial score (nSPS) is 12.7. The molecule has 0 aromatic heterocycles. The van der Waals surface area contributed by atoms with Gasteiger partial charge in [-0.3, -0.25) is 14.4 Å². The second-order valence-corrected chi connectivity index (χ2v) is 9.22. The first kappa shape index (κ1) is 27.0. The number of nitrogens with two attached hydrogens (primary N) is 1. The largest absolute Gasteiger partial charge is 0.465 e. The highest BCUT2D eigenvalue weighted by atomic mass is 32.2. The molecule has 174 valence electrons. The quantitative estimate of drug-likeness (QED) is 0.221. The highest BCUT2D eigenvalue weighted by Crippen LogP contribution is 2.35. The van der Waals surface area contributed by atoms with Crippen LogP contribution in [-0.2, 0) is 28.6 Å². The van der Waals surface area contributed by atoms with E-state index in [4.69, 9.17) is 19.9 Å². The molecule has 1 aromatic carbocycles. The third kappa shape index (κ3) is 8.53. The number of rotatable bonds is 12. The summed E-state index contributed by atoms with van der Waals surface area (Å²) in [6, 6.07) is 8.68. The van der Waals surface area contributed by atoms with Crippen LogP contribution in [-0.4, -0.2) is 48.5 Å². The Morgan fingerprint density at radius 1 is 1.00 bits per heavy atom. The average Bonchev–Trinajstić information content (AvgIpc) is 2.69. The van der Waals surface area contributed by atoms with Gasteiger partial charge in [0.15, 0.2) is 5.41 Å². The molecule has 0 heterocycles. The van der Waals surface area contributed by atoms with Gasteiger partial charge in [0.05, 0.1) is 13.2 Å². The van der Waals surface area contributed by atoms with Gasteiger partial charge in [-0.05, 0) is 65.3 Å². The summed E-state index contributed by atoms with van der Waals surface area (Å²) in [5.41, 5.74) is 4.06. The maximum absolute atomic E-state index is 13.0. The average molecular weight is 454 g/mol. The Kier molecular flexibility index (Phi) is 11.1. The minimum Gasteiger partial charge on any atom is -0.465 e. The number of carbonyl (C=O) groups is 3. The van der Waals surface area contributed by atoms with Gasteiger partial charge < -0.3 is 19.9 Å². The summed E-state index contributed by atoms with van der Waals surface area (Å²) in [5.74, 6) is -1.44. The maximum Gasteiger partial charge on any atom is 0.325 e. The standard InChI is InChI=1S/C23H35NO6S/c1-6-28-20(26)23(21(27)29-7-2,15-16-31-17-11-9-8-10-12-17)18(24)13-14-19(25)30-22(3,4)5/h8-12,18H,6-7,13-16,24H2,1-5H3. The van der Waals surface area contributed by atoms with Crippen LogP contribution in [0.3, 0.4) is 0 Å². The number of carbonyl (C=O) groups excluding carboxylic acids is 3. The molecule has 1 unspecified atom stereocenters. The van der Waals surface area contributed by atoms with Gasteiger partial charge in [0, 0.05) is 17.4 Å². The number of hydrogen-bond donors (Lipinski definition) is 1. The van der Waals surface area contributed by atoms with Gasteiger partial charge in [0.25, 0.3) is 0 Å². The lowest BCUT2D eigenvalue weighted by Gasteiger charge is -2.34. The van der Waals surface area contributed by atoms with Crippen molar-refractivity contribution in [1.29, 1.82) is 0 Å².